The topological polar surface area (TPSA) is 64.3 Å². The third kappa shape index (κ3) is 3.68. The van der Waals surface area contributed by atoms with Gasteiger partial charge in [0.25, 0.3) is 0 Å². The molecule has 0 saturated heterocycles. The van der Waals surface area contributed by atoms with Crippen LogP contribution in [0.15, 0.2) is 34.8 Å². The van der Waals surface area contributed by atoms with Crippen LogP contribution >= 0.6 is 15.9 Å². The van der Waals surface area contributed by atoms with Crippen LogP contribution in [0.2, 0.25) is 0 Å². The molecule has 0 radical (unpaired) electrons. The van der Waals surface area contributed by atoms with Gasteiger partial charge in [-0.05, 0) is 11.6 Å². The summed E-state index contributed by atoms with van der Waals surface area (Å²) in [4.78, 5) is 10.6. The molecule has 106 valence electrons. The second-order valence-electron chi connectivity index (χ2n) is 4.45. The number of anilines is 2. The highest BCUT2D eigenvalue weighted by atomic mass is 79.9. The highest BCUT2D eigenvalue weighted by Gasteiger charge is 2.09. The minimum Gasteiger partial charge on any atom is -0.384 e. The van der Waals surface area contributed by atoms with E-state index in [9.17, 15) is 0 Å². The van der Waals surface area contributed by atoms with Crippen LogP contribution in [0, 0.1) is 0 Å². The molecule has 0 saturated carbocycles. The average molecular weight is 337 g/mol. The molecule has 2 rings (SSSR count). The van der Waals surface area contributed by atoms with E-state index in [0.717, 1.165) is 16.8 Å². The summed E-state index contributed by atoms with van der Waals surface area (Å²) in [5, 5.41) is 0. The van der Waals surface area contributed by atoms with Crippen molar-refractivity contribution in [2.24, 2.45) is 0 Å². The predicted molar refractivity (Wildman–Crippen MR) is 83.4 cm³/mol. The van der Waals surface area contributed by atoms with Gasteiger partial charge >= 0.3 is 0 Å². The first kappa shape index (κ1) is 14.7. The number of hydrogen-bond donors (Lipinski definition) is 1. The Bertz CT molecular complexity index is 591. The van der Waals surface area contributed by atoms with Crippen molar-refractivity contribution >= 4 is 27.6 Å². The van der Waals surface area contributed by atoms with E-state index in [1.165, 1.54) is 5.56 Å². The third-order valence-corrected chi connectivity index (χ3v) is 3.58. The van der Waals surface area contributed by atoms with Crippen molar-refractivity contribution in [3.05, 3.63) is 46.2 Å². The van der Waals surface area contributed by atoms with Gasteiger partial charge in [-0.2, -0.15) is 0 Å². The predicted octanol–water partition coefficient (Wildman–Crippen LogP) is 2.60. The summed E-state index contributed by atoms with van der Waals surface area (Å²) in [6, 6.07) is 9.86. The van der Waals surface area contributed by atoms with E-state index in [4.69, 9.17) is 10.5 Å². The van der Waals surface area contributed by atoms with Crippen LogP contribution in [-0.2, 0) is 17.9 Å². The van der Waals surface area contributed by atoms with Gasteiger partial charge in [-0.1, -0.05) is 34.1 Å². The van der Waals surface area contributed by atoms with Crippen molar-refractivity contribution in [1.82, 2.24) is 9.97 Å². The van der Waals surface area contributed by atoms with Gasteiger partial charge in [-0.15, -0.1) is 0 Å². The van der Waals surface area contributed by atoms with Crippen LogP contribution in [0.5, 0.6) is 0 Å². The lowest BCUT2D eigenvalue weighted by Gasteiger charge is -2.19. The molecular weight excluding hydrogens is 320 g/mol. The summed E-state index contributed by atoms with van der Waals surface area (Å²) in [6.45, 7) is 1.07. The number of halogens is 1. The van der Waals surface area contributed by atoms with Crippen LogP contribution < -0.4 is 10.6 Å². The summed E-state index contributed by atoms with van der Waals surface area (Å²) in [5.74, 6) is 1.81. The van der Waals surface area contributed by atoms with Gasteiger partial charge < -0.3 is 15.4 Å². The van der Waals surface area contributed by atoms with Crippen molar-refractivity contribution in [3.63, 3.8) is 0 Å². The standard InChI is InChI=1S/C14H17BrN4O/c1-19(8-10-5-3-4-6-11(10)15)14-7-12(16)17-13(18-14)9-20-2/h3-7H,8-9H2,1-2H3,(H2,16,17,18). The second-order valence-corrected chi connectivity index (χ2v) is 5.30. The van der Waals surface area contributed by atoms with E-state index in [1.54, 1.807) is 13.2 Å². The number of ether oxygens (including phenoxy) is 1. The lowest BCUT2D eigenvalue weighted by molar-refractivity contribution is 0.178. The zero-order chi connectivity index (χ0) is 14.5. The number of methoxy groups -OCH3 is 1. The number of aromatic nitrogens is 2. The highest BCUT2D eigenvalue weighted by molar-refractivity contribution is 9.10. The maximum absolute atomic E-state index is 5.81. The Morgan fingerprint density at radius 2 is 2.05 bits per heavy atom. The number of benzene rings is 1. The normalized spacial score (nSPS) is 10.6. The van der Waals surface area contributed by atoms with Gasteiger partial charge in [0.1, 0.15) is 18.2 Å². The molecule has 1 aromatic heterocycles. The Labute approximate surface area is 126 Å². The highest BCUT2D eigenvalue weighted by Crippen LogP contribution is 2.20. The van der Waals surface area contributed by atoms with Gasteiger partial charge in [0.15, 0.2) is 5.82 Å². The molecule has 2 N–H and O–H groups in total. The van der Waals surface area contributed by atoms with Crippen molar-refractivity contribution in [2.45, 2.75) is 13.2 Å². The molecule has 0 aliphatic heterocycles. The largest absolute Gasteiger partial charge is 0.384 e. The lowest BCUT2D eigenvalue weighted by atomic mass is 10.2. The average Bonchev–Trinajstić information content (AvgIpc) is 2.41. The molecule has 0 aliphatic carbocycles. The smallest absolute Gasteiger partial charge is 0.158 e. The molecule has 1 aromatic carbocycles. The van der Waals surface area contributed by atoms with Crippen LogP contribution in [0.25, 0.3) is 0 Å². The summed E-state index contributed by atoms with van der Waals surface area (Å²) in [7, 11) is 3.58. The van der Waals surface area contributed by atoms with Crippen molar-refractivity contribution < 1.29 is 4.74 Å². The van der Waals surface area contributed by atoms with Crippen molar-refractivity contribution in [2.75, 3.05) is 24.8 Å². The van der Waals surface area contributed by atoms with Gasteiger partial charge in [-0.25, -0.2) is 9.97 Å². The molecule has 0 spiro atoms. The Kier molecular flexibility index (Phi) is 4.92. The Morgan fingerprint density at radius 3 is 2.75 bits per heavy atom. The number of rotatable bonds is 5. The SMILES string of the molecule is COCc1nc(N)cc(N(C)Cc2ccccc2Br)n1. The summed E-state index contributed by atoms with van der Waals surface area (Å²) >= 11 is 3.55. The molecule has 5 nitrogen and oxygen atoms in total. The molecule has 0 bridgehead atoms. The monoisotopic (exact) mass is 336 g/mol. The molecule has 2 aromatic rings. The molecule has 0 fully saturated rings. The fourth-order valence-electron chi connectivity index (χ4n) is 1.86. The van der Waals surface area contributed by atoms with E-state index in [0.29, 0.717) is 18.2 Å². The first-order valence-corrected chi connectivity index (χ1v) is 6.96. The molecule has 1 heterocycles. The zero-order valence-electron chi connectivity index (χ0n) is 11.5. The van der Waals surface area contributed by atoms with Crippen molar-refractivity contribution in [1.29, 1.82) is 0 Å². The minimum atomic E-state index is 0.348. The fraction of sp³-hybridized carbons (Fsp3) is 0.286. The Balaban J connectivity index is 2.20. The van der Waals surface area contributed by atoms with E-state index >= 15 is 0 Å². The molecule has 6 heteroatoms. The number of nitrogens with two attached hydrogens (primary N) is 1. The van der Waals surface area contributed by atoms with Gasteiger partial charge in [0.05, 0.1) is 0 Å². The van der Waals surface area contributed by atoms with E-state index in [1.807, 2.05) is 30.1 Å². The van der Waals surface area contributed by atoms with Gasteiger partial charge in [0.2, 0.25) is 0 Å². The number of nitrogen functional groups attached to an aromatic ring is 1. The molecule has 0 unspecified atom stereocenters. The molecule has 0 aliphatic rings. The van der Waals surface area contributed by atoms with Crippen molar-refractivity contribution in [3.8, 4) is 0 Å². The van der Waals surface area contributed by atoms with Crippen LogP contribution in [-0.4, -0.2) is 24.1 Å². The summed E-state index contributed by atoms with van der Waals surface area (Å²) < 4.78 is 6.12. The lowest BCUT2D eigenvalue weighted by Crippen LogP contribution is -2.19. The van der Waals surface area contributed by atoms with E-state index in [-0.39, 0.29) is 0 Å². The maximum atomic E-state index is 5.81. The number of hydrogen-bond acceptors (Lipinski definition) is 5. The molecule has 0 atom stereocenters. The Morgan fingerprint density at radius 1 is 1.30 bits per heavy atom. The second kappa shape index (κ2) is 6.67. The maximum Gasteiger partial charge on any atom is 0.158 e. The molecular formula is C14H17BrN4O. The molecule has 20 heavy (non-hydrogen) atoms. The Hall–Kier alpha value is -1.66. The fourth-order valence-corrected chi connectivity index (χ4v) is 2.27. The van der Waals surface area contributed by atoms with E-state index in [2.05, 4.69) is 32.0 Å². The zero-order valence-corrected chi connectivity index (χ0v) is 13.1. The van der Waals surface area contributed by atoms with Crippen LogP contribution in [0.4, 0.5) is 11.6 Å². The quantitative estimate of drug-likeness (QED) is 0.909. The van der Waals surface area contributed by atoms with Gasteiger partial charge in [0, 0.05) is 31.2 Å². The summed E-state index contributed by atoms with van der Waals surface area (Å²) in [5.41, 5.74) is 6.99. The molecule has 0 amide bonds. The number of nitrogens with zero attached hydrogens (tertiary/aromatic N) is 3. The van der Waals surface area contributed by atoms with Gasteiger partial charge in [-0.3, -0.25) is 0 Å². The first-order chi connectivity index (χ1) is 9.60. The summed E-state index contributed by atoms with van der Waals surface area (Å²) in [6.07, 6.45) is 0. The van der Waals surface area contributed by atoms with E-state index < -0.39 is 0 Å². The van der Waals surface area contributed by atoms with Crippen LogP contribution in [0.3, 0.4) is 0 Å². The van der Waals surface area contributed by atoms with Crippen LogP contribution in [0.1, 0.15) is 11.4 Å². The third-order valence-electron chi connectivity index (χ3n) is 2.81. The minimum absolute atomic E-state index is 0.348. The first-order valence-electron chi connectivity index (χ1n) is 6.17.